The van der Waals surface area contributed by atoms with Crippen LogP contribution in [-0.4, -0.2) is 46.5 Å². The molecule has 8 heteroatoms. The van der Waals surface area contributed by atoms with Crippen molar-refractivity contribution in [2.24, 2.45) is 0 Å². The Morgan fingerprint density at radius 1 is 0.667 bits per heavy atom. The first-order chi connectivity index (χ1) is 20.4. The van der Waals surface area contributed by atoms with E-state index in [0.717, 1.165) is 12.8 Å². The molecule has 8 nitrogen and oxygen atoms in total. The van der Waals surface area contributed by atoms with Gasteiger partial charge >= 0.3 is 0 Å². The number of hydrogen-bond donors (Lipinski definition) is 0. The van der Waals surface area contributed by atoms with E-state index in [1.165, 1.54) is 9.80 Å². The van der Waals surface area contributed by atoms with Gasteiger partial charge in [-0.15, -0.1) is 0 Å². The third kappa shape index (κ3) is 3.09. The molecule has 0 atom stereocenters. The summed E-state index contributed by atoms with van der Waals surface area (Å²) < 4.78 is 0. The standard InChI is InChI=1S/C34H24N4O4/c1-4-6-12-37-31(39)20-11-9-19-28-24(36-3)15-23-27-21(32(40)38(34(23)42)13-7-5-2)10-8-18(30(27)28)25-17(16-35)14-22(33(37)41)26(20)29(19)25/h8-11,14-15H,4-7,12-13H2,1-2H3. The molecule has 42 heavy (non-hydrogen) atoms. The Labute approximate surface area is 240 Å². The van der Waals surface area contributed by atoms with Crippen LogP contribution in [0.4, 0.5) is 5.69 Å². The zero-order chi connectivity index (χ0) is 29.4. The highest BCUT2D eigenvalue weighted by Crippen LogP contribution is 2.50. The normalized spacial score (nSPS) is 14.6. The number of carbonyl (C=O) groups is 4. The van der Waals surface area contributed by atoms with Crippen LogP contribution in [0.15, 0.2) is 36.4 Å². The van der Waals surface area contributed by atoms with Crippen LogP contribution in [0.1, 0.15) is 86.5 Å². The number of rotatable bonds is 6. The van der Waals surface area contributed by atoms with Gasteiger partial charge in [-0.05, 0) is 64.0 Å². The number of amides is 4. The summed E-state index contributed by atoms with van der Waals surface area (Å²) in [7, 11) is 0. The predicted molar refractivity (Wildman–Crippen MR) is 159 cm³/mol. The smallest absolute Gasteiger partial charge is 0.261 e. The molecule has 2 aliphatic heterocycles. The Morgan fingerprint density at radius 3 is 1.64 bits per heavy atom. The van der Waals surface area contributed by atoms with E-state index >= 15 is 0 Å². The largest absolute Gasteiger partial charge is 0.274 e. The Bertz CT molecular complexity index is 2030. The van der Waals surface area contributed by atoms with Crippen molar-refractivity contribution in [1.82, 2.24) is 9.80 Å². The SMILES string of the molecule is [C-]#[N+]c1cc2c3c(ccc4c5c(C#N)cc6c7c(ccc(c1c34)c75)C(=O)N(CCCC)C6=O)C(=O)N(CCCC)C2=O. The van der Waals surface area contributed by atoms with Crippen molar-refractivity contribution >= 4 is 72.4 Å². The van der Waals surface area contributed by atoms with Crippen molar-refractivity contribution in [3.8, 4) is 6.07 Å². The van der Waals surface area contributed by atoms with Crippen LogP contribution < -0.4 is 0 Å². The predicted octanol–water partition coefficient (Wildman–Crippen LogP) is 6.95. The molecule has 0 saturated carbocycles. The summed E-state index contributed by atoms with van der Waals surface area (Å²) >= 11 is 0. The molecule has 0 unspecified atom stereocenters. The number of hydrogen-bond acceptors (Lipinski definition) is 5. The van der Waals surface area contributed by atoms with Crippen molar-refractivity contribution in [3.63, 3.8) is 0 Å². The molecule has 2 aliphatic rings. The first-order valence-electron chi connectivity index (χ1n) is 14.2. The summed E-state index contributed by atoms with van der Waals surface area (Å²) in [6.07, 6.45) is 2.96. The van der Waals surface area contributed by atoms with E-state index in [0.29, 0.717) is 67.1 Å². The van der Waals surface area contributed by atoms with Gasteiger partial charge in [0.1, 0.15) is 0 Å². The lowest BCUT2D eigenvalue weighted by Gasteiger charge is -2.30. The number of imide groups is 2. The van der Waals surface area contributed by atoms with E-state index in [1.807, 2.05) is 13.8 Å². The summed E-state index contributed by atoms with van der Waals surface area (Å²) in [6.45, 7) is 12.6. The van der Waals surface area contributed by atoms with E-state index in [9.17, 15) is 24.4 Å². The lowest BCUT2D eigenvalue weighted by molar-refractivity contribution is 0.0593. The van der Waals surface area contributed by atoms with E-state index in [4.69, 9.17) is 6.57 Å². The van der Waals surface area contributed by atoms with Gasteiger partial charge in [0.2, 0.25) is 0 Å². The van der Waals surface area contributed by atoms with Crippen molar-refractivity contribution in [1.29, 1.82) is 5.26 Å². The Kier molecular flexibility index (Phi) is 5.54. The van der Waals surface area contributed by atoms with Gasteiger partial charge in [0.05, 0.1) is 23.8 Å². The zero-order valence-electron chi connectivity index (χ0n) is 23.1. The van der Waals surface area contributed by atoms with Crippen LogP contribution in [0.25, 0.3) is 47.9 Å². The average Bonchev–Trinajstić information content (AvgIpc) is 3.01. The van der Waals surface area contributed by atoms with Gasteiger partial charge in [0.15, 0.2) is 5.69 Å². The third-order valence-corrected chi connectivity index (χ3v) is 8.70. The molecule has 0 bridgehead atoms. The highest BCUT2D eigenvalue weighted by Gasteiger charge is 2.38. The number of nitriles is 1. The lowest BCUT2D eigenvalue weighted by Crippen LogP contribution is -2.41. The van der Waals surface area contributed by atoms with Crippen LogP contribution in [0.3, 0.4) is 0 Å². The highest BCUT2D eigenvalue weighted by atomic mass is 16.2. The minimum atomic E-state index is -0.439. The molecule has 0 fully saturated rings. The van der Waals surface area contributed by atoms with Crippen LogP contribution in [0, 0.1) is 17.9 Å². The second-order valence-corrected chi connectivity index (χ2v) is 10.9. The summed E-state index contributed by atoms with van der Waals surface area (Å²) in [5, 5.41) is 14.7. The fraction of sp³-hybridized carbons (Fsp3) is 0.235. The number of benzene rings is 5. The Balaban J connectivity index is 1.66. The quantitative estimate of drug-likeness (QED) is 0.0981. The molecule has 7 rings (SSSR count). The number of fused-ring (bicyclic) bond motifs is 2. The van der Waals surface area contributed by atoms with E-state index < -0.39 is 11.8 Å². The van der Waals surface area contributed by atoms with Crippen LogP contribution in [-0.2, 0) is 0 Å². The van der Waals surface area contributed by atoms with Crippen LogP contribution in [0.2, 0.25) is 0 Å². The number of carbonyl (C=O) groups excluding carboxylic acids is 4. The molecule has 5 aromatic carbocycles. The molecule has 0 saturated heterocycles. The van der Waals surface area contributed by atoms with Crippen LogP contribution in [0.5, 0.6) is 0 Å². The first kappa shape index (κ1) is 25.6. The molecule has 4 amide bonds. The van der Waals surface area contributed by atoms with Crippen molar-refractivity contribution < 1.29 is 19.2 Å². The number of nitrogens with zero attached hydrogens (tertiary/aromatic N) is 4. The molecule has 0 aliphatic carbocycles. The second-order valence-electron chi connectivity index (χ2n) is 10.9. The topological polar surface area (TPSA) is 103 Å². The second kappa shape index (κ2) is 9.09. The zero-order valence-corrected chi connectivity index (χ0v) is 23.1. The first-order valence-corrected chi connectivity index (χ1v) is 14.2. The molecule has 204 valence electrons. The monoisotopic (exact) mass is 552 g/mol. The van der Waals surface area contributed by atoms with Crippen molar-refractivity contribution in [2.75, 3.05) is 13.1 Å². The lowest BCUT2D eigenvalue weighted by atomic mass is 9.80. The van der Waals surface area contributed by atoms with E-state index in [-0.39, 0.29) is 47.3 Å². The summed E-state index contributed by atoms with van der Waals surface area (Å²) in [5.74, 6) is -1.64. The van der Waals surface area contributed by atoms with Crippen molar-refractivity contribution in [2.45, 2.75) is 39.5 Å². The maximum atomic E-state index is 13.7. The minimum Gasteiger partial charge on any atom is -0.274 e. The van der Waals surface area contributed by atoms with Gasteiger partial charge in [-0.2, -0.15) is 5.26 Å². The van der Waals surface area contributed by atoms with Gasteiger partial charge in [-0.3, -0.25) is 29.0 Å². The van der Waals surface area contributed by atoms with Gasteiger partial charge in [0.25, 0.3) is 23.6 Å². The maximum Gasteiger partial charge on any atom is 0.261 e. The molecular formula is C34H24N4O4. The molecule has 0 N–H and O–H groups in total. The maximum absolute atomic E-state index is 13.7. The van der Waals surface area contributed by atoms with Gasteiger partial charge in [-0.25, -0.2) is 4.85 Å². The fourth-order valence-electron chi connectivity index (χ4n) is 6.76. The minimum absolute atomic E-state index is 0.233. The fourth-order valence-corrected chi connectivity index (χ4v) is 6.76. The highest BCUT2D eigenvalue weighted by molar-refractivity contribution is 6.43. The number of unbranched alkanes of at least 4 members (excludes halogenated alkanes) is 2. The molecular weight excluding hydrogens is 528 g/mol. The molecule has 0 aromatic heterocycles. The molecule has 0 spiro atoms. The van der Waals surface area contributed by atoms with Crippen LogP contribution >= 0.6 is 0 Å². The Morgan fingerprint density at radius 2 is 1.14 bits per heavy atom. The average molecular weight is 553 g/mol. The van der Waals surface area contributed by atoms with Gasteiger partial charge in [-0.1, -0.05) is 38.8 Å². The summed E-state index contributed by atoms with van der Waals surface area (Å²) in [6, 6.07) is 12.3. The molecule has 0 radical (unpaired) electrons. The summed E-state index contributed by atoms with van der Waals surface area (Å²) in [4.78, 5) is 60.8. The van der Waals surface area contributed by atoms with E-state index in [2.05, 4.69) is 10.9 Å². The Hall–Kier alpha value is -5.34. The van der Waals surface area contributed by atoms with Crippen molar-refractivity contribution in [3.05, 3.63) is 75.6 Å². The van der Waals surface area contributed by atoms with E-state index in [1.54, 1.807) is 36.4 Å². The van der Waals surface area contributed by atoms with Gasteiger partial charge in [0, 0.05) is 45.9 Å². The summed E-state index contributed by atoms with van der Waals surface area (Å²) in [5.41, 5.74) is 1.81. The molecule has 2 heterocycles. The molecule has 5 aromatic rings. The third-order valence-electron chi connectivity index (χ3n) is 8.70. The van der Waals surface area contributed by atoms with Gasteiger partial charge < -0.3 is 0 Å².